The standard InChI is InChI=1S/C29H25N3O3.Ni/c33-28(26-17-9-10-18-30-26)32-25-16-8-7-15-24(25)27(22-13-5-2-6-14-22)31-20-23(29(34)35)19-21-11-3-1-4-12-21;/h1-18,23H,19-20H2,(H,32,33)(H,34,35);/q;+2/p-2. The van der Waals surface area contributed by atoms with Gasteiger partial charge in [0, 0.05) is 41.7 Å². The van der Waals surface area contributed by atoms with Crippen molar-refractivity contribution in [2.24, 2.45) is 15.9 Å². The summed E-state index contributed by atoms with van der Waals surface area (Å²) in [7, 11) is 0. The zero-order chi connectivity index (χ0) is 24.5. The van der Waals surface area contributed by atoms with Crippen LogP contribution >= 0.6 is 0 Å². The normalized spacial score (nSPS) is 12.4. The molecule has 0 bridgehead atoms. The van der Waals surface area contributed by atoms with Crippen molar-refractivity contribution in [1.29, 1.82) is 0 Å². The quantitative estimate of drug-likeness (QED) is 0.193. The molecule has 1 heterocycles. The molecule has 4 aromatic rings. The number of hydrogen-bond donors (Lipinski definition) is 0. The zero-order valence-electron chi connectivity index (χ0n) is 19.3. The second-order valence-electron chi connectivity index (χ2n) is 7.91. The van der Waals surface area contributed by atoms with E-state index in [4.69, 9.17) is 4.99 Å². The number of carbonyl (C=O) groups is 1. The van der Waals surface area contributed by atoms with Gasteiger partial charge >= 0.3 is 16.5 Å². The largest absolute Gasteiger partial charge is 2.00 e. The first kappa shape index (κ1) is 26.5. The van der Waals surface area contributed by atoms with Crippen LogP contribution in [0, 0.1) is 5.92 Å². The average molecular weight is 520 g/mol. The van der Waals surface area contributed by atoms with E-state index in [1.165, 1.54) is 0 Å². The molecule has 0 fully saturated rings. The summed E-state index contributed by atoms with van der Waals surface area (Å²) in [5, 5.41) is 24.6. The van der Waals surface area contributed by atoms with Gasteiger partial charge in [0.05, 0.1) is 17.1 Å². The number of nitrogens with zero attached hydrogens (tertiary/aromatic N) is 3. The van der Waals surface area contributed by atoms with Gasteiger partial charge in [0.15, 0.2) is 0 Å². The Labute approximate surface area is 220 Å². The molecule has 36 heavy (non-hydrogen) atoms. The fourth-order valence-electron chi connectivity index (χ4n) is 3.68. The minimum absolute atomic E-state index is 0. The average Bonchev–Trinajstić information content (AvgIpc) is 2.90. The molecule has 182 valence electrons. The molecule has 3 aromatic carbocycles. The van der Waals surface area contributed by atoms with Crippen molar-refractivity contribution < 1.29 is 31.5 Å². The van der Waals surface area contributed by atoms with E-state index in [1.807, 2.05) is 72.8 Å². The summed E-state index contributed by atoms with van der Waals surface area (Å²) in [6, 6.07) is 31.1. The SMILES string of the molecule is O=C([O-])C(CN=C(c1ccccc1)c1ccccc1N=C([O-])c1ccccn1)Cc1ccccc1.[Ni+2]. The maximum absolute atomic E-state index is 12.7. The molecule has 0 radical (unpaired) electrons. The van der Waals surface area contributed by atoms with Crippen LogP contribution in [-0.4, -0.2) is 29.1 Å². The Morgan fingerprint density at radius 1 is 0.806 bits per heavy atom. The van der Waals surface area contributed by atoms with Crippen LogP contribution in [0.2, 0.25) is 0 Å². The number of pyridine rings is 1. The molecule has 0 aliphatic rings. The molecule has 1 aromatic heterocycles. The maximum Gasteiger partial charge on any atom is 2.00 e. The summed E-state index contributed by atoms with van der Waals surface area (Å²) >= 11 is 0. The van der Waals surface area contributed by atoms with Gasteiger partial charge in [0.1, 0.15) is 0 Å². The Kier molecular flexibility index (Phi) is 9.67. The predicted octanol–water partition coefficient (Wildman–Crippen LogP) is 2.96. The Balaban J connectivity index is 0.00000361. The zero-order valence-corrected chi connectivity index (χ0v) is 20.3. The second-order valence-corrected chi connectivity index (χ2v) is 7.91. The molecule has 1 unspecified atom stereocenters. The van der Waals surface area contributed by atoms with Crippen molar-refractivity contribution in [3.8, 4) is 0 Å². The smallest absolute Gasteiger partial charge is 0.857 e. The topological polar surface area (TPSA) is 101 Å². The summed E-state index contributed by atoms with van der Waals surface area (Å²) < 4.78 is 0. The molecule has 0 amide bonds. The van der Waals surface area contributed by atoms with E-state index < -0.39 is 17.8 Å². The maximum atomic E-state index is 12.7. The van der Waals surface area contributed by atoms with Crippen molar-refractivity contribution in [3.05, 3.63) is 132 Å². The van der Waals surface area contributed by atoms with E-state index in [0.717, 1.165) is 11.1 Å². The second kappa shape index (κ2) is 13.1. The number of rotatable bonds is 9. The first-order chi connectivity index (χ1) is 17.1. The van der Waals surface area contributed by atoms with Crippen LogP contribution < -0.4 is 10.2 Å². The van der Waals surface area contributed by atoms with Crippen molar-refractivity contribution in [2.75, 3.05) is 6.54 Å². The van der Waals surface area contributed by atoms with Crippen molar-refractivity contribution in [2.45, 2.75) is 6.42 Å². The van der Waals surface area contributed by atoms with Gasteiger partial charge in [-0.2, -0.15) is 0 Å². The monoisotopic (exact) mass is 519 g/mol. The molecule has 1 atom stereocenters. The third-order valence-corrected chi connectivity index (χ3v) is 5.44. The van der Waals surface area contributed by atoms with Gasteiger partial charge in [0.25, 0.3) is 0 Å². The minimum atomic E-state index is -1.16. The number of aliphatic imine (C=N–C) groups is 2. The van der Waals surface area contributed by atoms with Crippen LogP contribution in [0.5, 0.6) is 0 Å². The Hall–Kier alpha value is -4.09. The summed E-state index contributed by atoms with van der Waals surface area (Å²) in [4.78, 5) is 25.0. The van der Waals surface area contributed by atoms with Gasteiger partial charge in [-0.25, -0.2) is 0 Å². The van der Waals surface area contributed by atoms with Crippen molar-refractivity contribution in [3.63, 3.8) is 0 Å². The fraction of sp³-hybridized carbons (Fsp3) is 0.103. The molecule has 0 aliphatic carbocycles. The van der Waals surface area contributed by atoms with Crippen LogP contribution in [0.1, 0.15) is 22.4 Å². The number of carbonyl (C=O) groups excluding carboxylic acids is 1. The van der Waals surface area contributed by atoms with Crippen LogP contribution in [-0.2, 0) is 27.7 Å². The number of carboxylic acid groups (broad SMARTS) is 1. The van der Waals surface area contributed by atoms with Crippen LogP contribution in [0.3, 0.4) is 0 Å². The van der Waals surface area contributed by atoms with E-state index in [0.29, 0.717) is 23.4 Å². The van der Waals surface area contributed by atoms with Gasteiger partial charge in [-0.1, -0.05) is 84.9 Å². The minimum Gasteiger partial charge on any atom is -0.857 e. The van der Waals surface area contributed by atoms with Gasteiger partial charge < -0.3 is 15.0 Å². The summed E-state index contributed by atoms with van der Waals surface area (Å²) in [5.74, 6) is -2.44. The van der Waals surface area contributed by atoms with Crippen LogP contribution in [0.25, 0.3) is 0 Å². The summed E-state index contributed by atoms with van der Waals surface area (Å²) in [5.41, 5.74) is 3.53. The van der Waals surface area contributed by atoms with Gasteiger partial charge in [0.2, 0.25) is 0 Å². The number of para-hydroxylation sites is 1. The van der Waals surface area contributed by atoms with Crippen LogP contribution in [0.4, 0.5) is 5.69 Å². The third kappa shape index (κ3) is 6.97. The number of benzene rings is 3. The predicted molar refractivity (Wildman–Crippen MR) is 132 cm³/mol. The van der Waals surface area contributed by atoms with Crippen LogP contribution in [0.15, 0.2) is 119 Å². The Morgan fingerprint density at radius 2 is 1.44 bits per heavy atom. The first-order valence-corrected chi connectivity index (χ1v) is 11.2. The number of aromatic nitrogens is 1. The van der Waals surface area contributed by atoms with Crippen molar-refractivity contribution in [1.82, 2.24) is 4.98 Å². The molecule has 0 saturated carbocycles. The Bertz CT molecular complexity index is 1330. The molecule has 0 saturated heterocycles. The molecular formula is C29H23N3NiO3. The van der Waals surface area contributed by atoms with E-state index in [9.17, 15) is 15.0 Å². The Morgan fingerprint density at radius 3 is 2.11 bits per heavy atom. The third-order valence-electron chi connectivity index (χ3n) is 5.44. The number of hydrogen-bond acceptors (Lipinski definition) is 6. The van der Waals surface area contributed by atoms with Gasteiger partial charge in [-0.15, -0.1) is 0 Å². The van der Waals surface area contributed by atoms with E-state index in [2.05, 4.69) is 9.98 Å². The van der Waals surface area contributed by atoms with Crippen molar-refractivity contribution >= 4 is 23.3 Å². The number of aliphatic carboxylic acids is 1. The first-order valence-electron chi connectivity index (χ1n) is 11.2. The molecular weight excluding hydrogens is 497 g/mol. The number of carboxylic acids is 1. The van der Waals surface area contributed by atoms with Gasteiger partial charge in [-0.05, 0) is 30.2 Å². The molecule has 0 spiro atoms. The summed E-state index contributed by atoms with van der Waals surface area (Å²) in [6.07, 6.45) is 1.84. The van der Waals surface area contributed by atoms with E-state index in [-0.39, 0.29) is 28.7 Å². The molecule has 0 aliphatic heterocycles. The van der Waals surface area contributed by atoms with E-state index >= 15 is 0 Å². The van der Waals surface area contributed by atoms with Gasteiger partial charge in [-0.3, -0.25) is 15.0 Å². The molecule has 4 rings (SSSR count). The molecule has 6 nitrogen and oxygen atoms in total. The molecule has 7 heteroatoms. The summed E-state index contributed by atoms with van der Waals surface area (Å²) in [6.45, 7) is 0.0178. The fourth-order valence-corrected chi connectivity index (χ4v) is 3.68. The molecule has 0 N–H and O–H groups in total. The van der Waals surface area contributed by atoms with E-state index in [1.54, 1.807) is 36.5 Å².